The predicted molar refractivity (Wildman–Crippen MR) is 154 cm³/mol. The van der Waals surface area contributed by atoms with Gasteiger partial charge in [0.2, 0.25) is 5.91 Å². The van der Waals surface area contributed by atoms with Crippen molar-refractivity contribution >= 4 is 17.5 Å². The molecule has 2 N–H and O–H groups in total. The smallest absolute Gasteiger partial charge is 0.251 e. The molecule has 0 radical (unpaired) electrons. The average Bonchev–Trinajstić information content (AvgIpc) is 3.34. The molecule has 39 heavy (non-hydrogen) atoms. The maximum Gasteiger partial charge on any atom is 0.251 e. The van der Waals surface area contributed by atoms with Crippen LogP contribution in [0, 0.1) is 23.6 Å². The number of fused-ring (bicyclic) bond motifs is 1. The second kappa shape index (κ2) is 13.8. The van der Waals surface area contributed by atoms with Gasteiger partial charge >= 0.3 is 0 Å². The van der Waals surface area contributed by atoms with Crippen LogP contribution in [0.3, 0.4) is 0 Å². The molecule has 2 unspecified atom stereocenters. The van der Waals surface area contributed by atoms with E-state index in [2.05, 4.69) is 24.5 Å². The van der Waals surface area contributed by atoms with E-state index in [-0.39, 0.29) is 29.5 Å². The summed E-state index contributed by atoms with van der Waals surface area (Å²) in [4.78, 5) is 29.1. The monoisotopic (exact) mass is 537 g/mol. The summed E-state index contributed by atoms with van der Waals surface area (Å²) in [7, 11) is 1.58. The zero-order valence-corrected chi connectivity index (χ0v) is 23.7. The molecule has 2 aromatic rings. The van der Waals surface area contributed by atoms with Crippen molar-refractivity contribution in [3.63, 3.8) is 0 Å². The first-order valence-corrected chi connectivity index (χ1v) is 14.6. The highest BCUT2D eigenvalue weighted by atomic mass is 19.1. The minimum atomic E-state index is -0.241. The maximum atomic E-state index is 14.3. The van der Waals surface area contributed by atoms with E-state index < -0.39 is 0 Å². The van der Waals surface area contributed by atoms with Crippen LogP contribution in [0.2, 0.25) is 0 Å². The quantitative estimate of drug-likeness (QED) is 0.337. The van der Waals surface area contributed by atoms with E-state index >= 15 is 0 Å². The van der Waals surface area contributed by atoms with Crippen molar-refractivity contribution in [3.05, 3.63) is 59.4 Å². The second-order valence-electron chi connectivity index (χ2n) is 11.6. The van der Waals surface area contributed by atoms with Crippen LogP contribution in [0.25, 0.3) is 0 Å². The molecule has 1 aliphatic carbocycles. The average molecular weight is 538 g/mol. The van der Waals surface area contributed by atoms with Gasteiger partial charge in [0.25, 0.3) is 5.91 Å². The third kappa shape index (κ3) is 7.74. The number of hydrogen-bond donors (Lipinski definition) is 2. The molecule has 0 aromatic heterocycles. The summed E-state index contributed by atoms with van der Waals surface area (Å²) in [5, 5.41) is 6.43. The second-order valence-corrected chi connectivity index (χ2v) is 11.6. The van der Waals surface area contributed by atoms with Crippen molar-refractivity contribution in [2.45, 2.75) is 64.7 Å². The Morgan fingerprint density at radius 3 is 2.64 bits per heavy atom. The Morgan fingerprint density at radius 2 is 1.90 bits per heavy atom. The van der Waals surface area contributed by atoms with E-state index in [1.807, 2.05) is 11.0 Å². The van der Waals surface area contributed by atoms with Crippen LogP contribution in [0.1, 0.15) is 80.6 Å². The Labute approximate surface area is 232 Å². The van der Waals surface area contributed by atoms with Gasteiger partial charge < -0.3 is 20.3 Å². The van der Waals surface area contributed by atoms with Gasteiger partial charge in [0.05, 0.1) is 7.11 Å². The van der Waals surface area contributed by atoms with Gasteiger partial charge in [-0.15, -0.1) is 0 Å². The zero-order valence-electron chi connectivity index (χ0n) is 23.7. The van der Waals surface area contributed by atoms with Gasteiger partial charge in [-0.3, -0.25) is 9.59 Å². The number of amides is 2. The van der Waals surface area contributed by atoms with Crippen LogP contribution in [0.15, 0.2) is 42.5 Å². The van der Waals surface area contributed by atoms with Crippen LogP contribution >= 0.6 is 0 Å². The minimum Gasteiger partial charge on any atom is -0.497 e. The maximum absolute atomic E-state index is 14.3. The summed E-state index contributed by atoms with van der Waals surface area (Å²) in [6, 6.07) is 12.0. The molecule has 4 rings (SSSR count). The van der Waals surface area contributed by atoms with Crippen molar-refractivity contribution in [2.75, 3.05) is 38.6 Å². The SMILES string of the molecule is COc1cccc(C(=O)NCCC(C(=O)N(CCC(C)C)CC2CNc3ccc(F)cc32)C2CCCCC2)c1. The summed E-state index contributed by atoms with van der Waals surface area (Å²) in [5.74, 6) is 1.15. The highest BCUT2D eigenvalue weighted by Gasteiger charge is 2.34. The zero-order chi connectivity index (χ0) is 27.8. The van der Waals surface area contributed by atoms with Crippen LogP contribution in [0.4, 0.5) is 10.1 Å². The van der Waals surface area contributed by atoms with Crippen molar-refractivity contribution < 1.29 is 18.7 Å². The fourth-order valence-corrected chi connectivity index (χ4v) is 6.05. The summed E-state index contributed by atoms with van der Waals surface area (Å²) in [6.45, 7) is 6.77. The minimum absolute atomic E-state index is 0.0616. The van der Waals surface area contributed by atoms with E-state index in [0.29, 0.717) is 55.7 Å². The van der Waals surface area contributed by atoms with Crippen molar-refractivity contribution in [3.8, 4) is 5.75 Å². The molecule has 212 valence electrons. The fraction of sp³-hybridized carbons (Fsp3) is 0.562. The van der Waals surface area contributed by atoms with Crippen LogP contribution in [-0.2, 0) is 4.79 Å². The molecule has 1 fully saturated rings. The molecule has 2 atom stereocenters. The number of ether oxygens (including phenoxy) is 1. The lowest BCUT2D eigenvalue weighted by molar-refractivity contribution is -0.138. The Bertz CT molecular complexity index is 1120. The molecule has 1 heterocycles. The molecule has 0 bridgehead atoms. The normalized spacial score (nSPS) is 17.8. The van der Waals surface area contributed by atoms with E-state index in [1.54, 1.807) is 37.4 Å². The molecular formula is C32H44FN3O3. The number of anilines is 1. The van der Waals surface area contributed by atoms with E-state index in [0.717, 1.165) is 43.4 Å². The third-order valence-electron chi connectivity index (χ3n) is 8.33. The molecule has 2 aliphatic rings. The number of nitrogens with zero attached hydrogens (tertiary/aromatic N) is 1. The topological polar surface area (TPSA) is 70.7 Å². The molecule has 7 heteroatoms. The number of rotatable bonds is 12. The Balaban J connectivity index is 1.48. The van der Waals surface area contributed by atoms with E-state index in [4.69, 9.17) is 4.74 Å². The number of halogens is 1. The molecule has 0 spiro atoms. The fourth-order valence-electron chi connectivity index (χ4n) is 6.05. The van der Waals surface area contributed by atoms with E-state index in [9.17, 15) is 14.0 Å². The van der Waals surface area contributed by atoms with Crippen molar-refractivity contribution in [1.82, 2.24) is 10.2 Å². The van der Waals surface area contributed by atoms with Gasteiger partial charge in [0.1, 0.15) is 11.6 Å². The molecule has 2 aromatic carbocycles. The molecule has 0 saturated heterocycles. The Morgan fingerprint density at radius 1 is 1.10 bits per heavy atom. The third-order valence-corrected chi connectivity index (χ3v) is 8.33. The Hall–Kier alpha value is -3.09. The molecular weight excluding hydrogens is 493 g/mol. The van der Waals surface area contributed by atoms with Gasteiger partial charge in [0.15, 0.2) is 0 Å². The number of carbonyl (C=O) groups excluding carboxylic acids is 2. The highest BCUT2D eigenvalue weighted by Crippen LogP contribution is 2.36. The first-order valence-electron chi connectivity index (χ1n) is 14.6. The summed E-state index contributed by atoms with van der Waals surface area (Å²) < 4.78 is 19.3. The number of methoxy groups -OCH3 is 1. The summed E-state index contributed by atoms with van der Waals surface area (Å²) >= 11 is 0. The van der Waals surface area contributed by atoms with Gasteiger partial charge in [-0.2, -0.15) is 0 Å². The first-order chi connectivity index (χ1) is 18.9. The van der Waals surface area contributed by atoms with Crippen molar-refractivity contribution in [1.29, 1.82) is 0 Å². The molecule has 1 aliphatic heterocycles. The highest BCUT2D eigenvalue weighted by molar-refractivity contribution is 5.94. The Kier molecular flexibility index (Phi) is 10.2. The van der Waals surface area contributed by atoms with Gasteiger partial charge in [0, 0.05) is 49.3 Å². The first kappa shape index (κ1) is 28.9. The largest absolute Gasteiger partial charge is 0.497 e. The van der Waals surface area contributed by atoms with Crippen LogP contribution in [0.5, 0.6) is 5.75 Å². The van der Waals surface area contributed by atoms with Gasteiger partial charge in [-0.25, -0.2) is 4.39 Å². The lowest BCUT2D eigenvalue weighted by atomic mass is 9.77. The van der Waals surface area contributed by atoms with E-state index in [1.165, 1.54) is 12.5 Å². The number of nitrogens with one attached hydrogen (secondary N) is 2. The number of carbonyl (C=O) groups is 2. The lowest BCUT2D eigenvalue weighted by Gasteiger charge is -2.35. The van der Waals surface area contributed by atoms with Crippen molar-refractivity contribution in [2.24, 2.45) is 17.8 Å². The van der Waals surface area contributed by atoms with Crippen LogP contribution in [-0.4, -0.2) is 50.0 Å². The van der Waals surface area contributed by atoms with Gasteiger partial charge in [-0.05, 0) is 79.5 Å². The molecule has 6 nitrogen and oxygen atoms in total. The predicted octanol–water partition coefficient (Wildman–Crippen LogP) is 6.23. The molecule has 2 amide bonds. The van der Waals surface area contributed by atoms with Gasteiger partial charge in [-0.1, -0.05) is 39.2 Å². The lowest BCUT2D eigenvalue weighted by Crippen LogP contribution is -2.44. The number of hydrogen-bond acceptors (Lipinski definition) is 4. The summed E-state index contributed by atoms with van der Waals surface area (Å²) in [5.41, 5.74) is 2.46. The number of benzene rings is 2. The molecule has 1 saturated carbocycles. The summed E-state index contributed by atoms with van der Waals surface area (Å²) in [6.07, 6.45) is 7.16. The van der Waals surface area contributed by atoms with Crippen LogP contribution < -0.4 is 15.4 Å². The standard InChI is InChI=1S/C32H44FN3O3/c1-22(2)15-17-36(21-25-20-35-30-13-12-26(33)19-29(25)30)32(38)28(23-8-5-4-6-9-23)14-16-34-31(37)24-10-7-11-27(18-24)39-3/h7,10-13,18-19,22-23,25,28,35H,4-6,8-9,14-17,20-21H2,1-3H3,(H,34,37).